The Balaban J connectivity index is 2.80. The van der Waals surface area contributed by atoms with Crippen LogP contribution < -0.4 is 0 Å². The summed E-state index contributed by atoms with van der Waals surface area (Å²) in [4.78, 5) is 0. The highest BCUT2D eigenvalue weighted by atomic mass is 15.2. The Hall–Kier alpha value is -0.920. The van der Waals surface area contributed by atoms with Crippen molar-refractivity contribution in [3.63, 3.8) is 0 Å². The third kappa shape index (κ3) is 5.24. The molecule has 16 heavy (non-hydrogen) atoms. The molecule has 1 aliphatic heterocycles. The summed E-state index contributed by atoms with van der Waals surface area (Å²) < 4.78 is 0. The van der Waals surface area contributed by atoms with Gasteiger partial charge in [-0.3, -0.25) is 0 Å². The van der Waals surface area contributed by atoms with Gasteiger partial charge in [0.2, 0.25) is 0 Å². The molecule has 0 aliphatic carbocycles. The molecule has 0 radical (unpaired) electrons. The van der Waals surface area contributed by atoms with Crippen molar-refractivity contribution in [2.45, 2.75) is 64.5 Å². The minimum atomic E-state index is -0.0727. The van der Waals surface area contributed by atoms with Crippen molar-refractivity contribution in [1.82, 2.24) is 0 Å². The van der Waals surface area contributed by atoms with Gasteiger partial charge in [-0.15, -0.1) is 0 Å². The van der Waals surface area contributed by atoms with Gasteiger partial charge in [0, 0.05) is 0 Å². The molecule has 0 atom stereocenters. The summed E-state index contributed by atoms with van der Waals surface area (Å²) in [6.45, 7) is 8.55. The van der Waals surface area contributed by atoms with Crippen molar-refractivity contribution in [3.05, 3.63) is 24.3 Å². The van der Waals surface area contributed by atoms with Gasteiger partial charge in [-0.2, -0.15) is 10.2 Å². The van der Waals surface area contributed by atoms with Crippen LogP contribution in [0.3, 0.4) is 0 Å². The zero-order valence-corrected chi connectivity index (χ0v) is 11.0. The Labute approximate surface area is 99.5 Å². The SMILES string of the molecule is CC1(C)C/C=C/CC/C=C/CC(C)(C)/N=N/1. The maximum Gasteiger partial charge on any atom is 0.0794 e. The highest BCUT2D eigenvalue weighted by Crippen LogP contribution is 2.22. The Morgan fingerprint density at radius 2 is 1.06 bits per heavy atom. The lowest BCUT2D eigenvalue weighted by Crippen LogP contribution is -2.20. The zero-order valence-electron chi connectivity index (χ0n) is 11.0. The minimum Gasteiger partial charge on any atom is -0.187 e. The summed E-state index contributed by atoms with van der Waals surface area (Å²) in [5, 5.41) is 8.96. The van der Waals surface area contributed by atoms with E-state index < -0.39 is 0 Å². The quantitative estimate of drug-likeness (QED) is 0.529. The first-order chi connectivity index (χ1) is 7.41. The average Bonchev–Trinajstić information content (AvgIpc) is 2.18. The van der Waals surface area contributed by atoms with E-state index in [-0.39, 0.29) is 11.1 Å². The second-order valence-corrected chi connectivity index (χ2v) is 5.75. The molecule has 0 aromatic heterocycles. The number of rotatable bonds is 0. The first-order valence-electron chi connectivity index (χ1n) is 6.15. The topological polar surface area (TPSA) is 24.7 Å². The molecule has 0 saturated carbocycles. The van der Waals surface area contributed by atoms with E-state index in [1.54, 1.807) is 0 Å². The Morgan fingerprint density at radius 3 is 1.44 bits per heavy atom. The van der Waals surface area contributed by atoms with Gasteiger partial charge in [-0.1, -0.05) is 24.3 Å². The van der Waals surface area contributed by atoms with Crippen molar-refractivity contribution in [2.75, 3.05) is 0 Å². The molecular weight excluding hydrogens is 196 g/mol. The lowest BCUT2D eigenvalue weighted by molar-refractivity contribution is 0.423. The molecule has 0 fully saturated rings. The van der Waals surface area contributed by atoms with Gasteiger partial charge in [-0.25, -0.2) is 0 Å². The van der Waals surface area contributed by atoms with E-state index in [1.165, 1.54) is 0 Å². The first kappa shape index (κ1) is 13.1. The second-order valence-electron chi connectivity index (χ2n) is 5.75. The predicted octanol–water partition coefficient (Wildman–Crippen LogP) is 4.68. The summed E-state index contributed by atoms with van der Waals surface area (Å²) in [5.74, 6) is 0. The maximum atomic E-state index is 4.48. The lowest BCUT2D eigenvalue weighted by atomic mass is 9.99. The van der Waals surface area contributed by atoms with E-state index in [4.69, 9.17) is 0 Å². The fourth-order valence-corrected chi connectivity index (χ4v) is 1.52. The second kappa shape index (κ2) is 5.42. The van der Waals surface area contributed by atoms with Gasteiger partial charge in [0.1, 0.15) is 0 Å². The smallest absolute Gasteiger partial charge is 0.0794 e. The molecule has 2 nitrogen and oxygen atoms in total. The molecule has 0 spiro atoms. The molecule has 0 unspecified atom stereocenters. The summed E-state index contributed by atoms with van der Waals surface area (Å²) in [7, 11) is 0. The highest BCUT2D eigenvalue weighted by Gasteiger charge is 2.19. The minimum absolute atomic E-state index is 0.0727. The molecule has 90 valence electrons. The van der Waals surface area contributed by atoms with Crippen LogP contribution in [0.5, 0.6) is 0 Å². The van der Waals surface area contributed by atoms with Gasteiger partial charge in [0.25, 0.3) is 0 Å². The molecule has 1 rings (SSSR count). The Bertz CT molecular complexity index is 266. The van der Waals surface area contributed by atoms with Crippen molar-refractivity contribution < 1.29 is 0 Å². The number of nitrogens with zero attached hydrogens (tertiary/aromatic N) is 2. The van der Waals surface area contributed by atoms with E-state index >= 15 is 0 Å². The predicted molar refractivity (Wildman–Crippen MR) is 69.8 cm³/mol. The van der Waals surface area contributed by atoms with Crippen LogP contribution in [-0.4, -0.2) is 11.1 Å². The molecule has 1 heterocycles. The molecule has 1 aliphatic rings. The van der Waals surface area contributed by atoms with Crippen molar-refractivity contribution in [1.29, 1.82) is 0 Å². The maximum absolute atomic E-state index is 4.48. The van der Waals surface area contributed by atoms with Gasteiger partial charge in [0.05, 0.1) is 11.1 Å². The highest BCUT2D eigenvalue weighted by molar-refractivity contribution is 4.97. The molecule has 0 bridgehead atoms. The molecule has 2 heteroatoms. The van der Waals surface area contributed by atoms with E-state index in [0.29, 0.717) is 0 Å². The van der Waals surface area contributed by atoms with Crippen LogP contribution in [0.4, 0.5) is 0 Å². The van der Waals surface area contributed by atoms with Gasteiger partial charge < -0.3 is 0 Å². The molecule has 0 aromatic carbocycles. The van der Waals surface area contributed by atoms with Crippen LogP contribution in [0, 0.1) is 0 Å². The molecular formula is C14H24N2. The van der Waals surface area contributed by atoms with Crippen LogP contribution in [0.25, 0.3) is 0 Å². The normalized spacial score (nSPS) is 30.8. The van der Waals surface area contributed by atoms with Crippen molar-refractivity contribution >= 4 is 0 Å². The molecule has 0 saturated heterocycles. The lowest BCUT2D eigenvalue weighted by Gasteiger charge is -2.21. The first-order valence-corrected chi connectivity index (χ1v) is 6.15. The molecule has 0 aromatic rings. The average molecular weight is 220 g/mol. The van der Waals surface area contributed by atoms with Gasteiger partial charge in [-0.05, 0) is 53.4 Å². The third-order valence-corrected chi connectivity index (χ3v) is 2.66. The van der Waals surface area contributed by atoms with E-state index in [2.05, 4.69) is 62.2 Å². The van der Waals surface area contributed by atoms with E-state index in [0.717, 1.165) is 25.7 Å². The van der Waals surface area contributed by atoms with E-state index in [9.17, 15) is 0 Å². The summed E-state index contributed by atoms with van der Waals surface area (Å²) in [5.41, 5.74) is -0.145. The van der Waals surface area contributed by atoms with Crippen LogP contribution in [0.15, 0.2) is 34.5 Å². The molecule has 0 N–H and O–H groups in total. The van der Waals surface area contributed by atoms with Crippen molar-refractivity contribution in [3.8, 4) is 0 Å². The van der Waals surface area contributed by atoms with Crippen LogP contribution in [0.2, 0.25) is 0 Å². The fourth-order valence-electron chi connectivity index (χ4n) is 1.52. The fraction of sp³-hybridized carbons (Fsp3) is 0.714. The summed E-state index contributed by atoms with van der Waals surface area (Å²) in [6, 6.07) is 0. The zero-order chi connectivity index (χ0) is 12.1. The van der Waals surface area contributed by atoms with Crippen molar-refractivity contribution in [2.24, 2.45) is 10.2 Å². The Kier molecular flexibility index (Phi) is 4.45. The number of azo groups is 1. The molecule has 0 amide bonds. The standard InChI is InChI=1S/C14H24N2/c1-13(2)11-9-7-5-6-8-10-12-14(3,4)16-15-13/h7-10H,5-6,11-12H2,1-4H3/b9-7+,10-8+,16-15+. The van der Waals surface area contributed by atoms with Crippen LogP contribution in [0.1, 0.15) is 53.4 Å². The van der Waals surface area contributed by atoms with Gasteiger partial charge in [0.15, 0.2) is 0 Å². The summed E-state index contributed by atoms with van der Waals surface area (Å²) >= 11 is 0. The number of hydrogen-bond acceptors (Lipinski definition) is 2. The monoisotopic (exact) mass is 220 g/mol. The number of allylic oxidation sites excluding steroid dienone is 2. The van der Waals surface area contributed by atoms with Crippen LogP contribution >= 0.6 is 0 Å². The van der Waals surface area contributed by atoms with E-state index in [1.807, 2.05) is 0 Å². The third-order valence-electron chi connectivity index (χ3n) is 2.66. The summed E-state index contributed by atoms with van der Waals surface area (Å²) in [6.07, 6.45) is 13.1. The largest absolute Gasteiger partial charge is 0.187 e. The Morgan fingerprint density at radius 1 is 0.688 bits per heavy atom. The van der Waals surface area contributed by atoms with Gasteiger partial charge >= 0.3 is 0 Å². The number of hydrogen-bond donors (Lipinski definition) is 0. The van der Waals surface area contributed by atoms with Crippen LogP contribution in [-0.2, 0) is 0 Å².